The lowest BCUT2D eigenvalue weighted by Gasteiger charge is -2.37. The number of piperidine rings is 1. The summed E-state index contributed by atoms with van der Waals surface area (Å²) < 4.78 is 10.8. The van der Waals surface area contributed by atoms with Gasteiger partial charge in [0.2, 0.25) is 5.91 Å². The first-order chi connectivity index (χ1) is 16.3. The number of rotatable bonds is 8. The van der Waals surface area contributed by atoms with E-state index in [2.05, 4.69) is 15.3 Å². The van der Waals surface area contributed by atoms with Crippen molar-refractivity contribution >= 4 is 35.5 Å². The number of carbonyl (C=O) groups is 3. The van der Waals surface area contributed by atoms with Gasteiger partial charge in [-0.05, 0) is 31.1 Å². The number of nitrogens with one attached hydrogen (secondary N) is 2. The number of H-pyrrole nitrogens is 1. The lowest BCUT2D eigenvalue weighted by Crippen LogP contribution is -2.55. The van der Waals surface area contributed by atoms with Crippen molar-refractivity contribution in [1.82, 2.24) is 20.2 Å². The van der Waals surface area contributed by atoms with Crippen LogP contribution in [0.3, 0.4) is 0 Å². The fourth-order valence-electron chi connectivity index (χ4n) is 3.74. The molecule has 1 aliphatic rings. The number of methoxy groups -OCH3 is 2. The molecule has 0 aliphatic carbocycles. The number of benzene rings is 1. The molecule has 34 heavy (non-hydrogen) atoms. The molecule has 2 unspecified atom stereocenters. The lowest BCUT2D eigenvalue weighted by molar-refractivity contribution is -0.130. The van der Waals surface area contributed by atoms with Crippen molar-refractivity contribution in [2.24, 2.45) is 0 Å². The molecule has 1 aliphatic heterocycles. The number of hydrogen-bond donors (Lipinski definition) is 3. The highest BCUT2D eigenvalue weighted by Crippen LogP contribution is 2.22. The van der Waals surface area contributed by atoms with E-state index in [1.54, 1.807) is 17.0 Å². The van der Waals surface area contributed by atoms with Crippen LogP contribution in [0, 0.1) is 0 Å². The maximum absolute atomic E-state index is 12.8. The Morgan fingerprint density at radius 1 is 1.35 bits per heavy atom. The number of carbonyl (C=O) groups excluding carboxylic acids is 2. The van der Waals surface area contributed by atoms with E-state index in [-0.39, 0.29) is 34.4 Å². The van der Waals surface area contributed by atoms with Gasteiger partial charge in [-0.1, -0.05) is 24.6 Å². The Morgan fingerprint density at radius 2 is 2.12 bits per heavy atom. The molecule has 2 heterocycles. The molecule has 11 heteroatoms. The molecular weight excluding hydrogens is 464 g/mol. The minimum absolute atomic E-state index is 0.0927. The van der Waals surface area contributed by atoms with Gasteiger partial charge in [0.05, 0.1) is 30.5 Å². The maximum Gasteiger partial charge on any atom is 0.335 e. The number of carboxylic acid groups (broad SMARTS) is 1. The third kappa shape index (κ3) is 5.75. The minimum atomic E-state index is -1.06. The second kappa shape index (κ2) is 11.2. The van der Waals surface area contributed by atoms with Gasteiger partial charge in [0.15, 0.2) is 11.0 Å². The largest absolute Gasteiger partial charge is 0.496 e. The first-order valence-electron chi connectivity index (χ1n) is 10.7. The average molecular weight is 491 g/mol. The maximum atomic E-state index is 12.8. The van der Waals surface area contributed by atoms with Crippen molar-refractivity contribution in [3.8, 4) is 5.75 Å². The van der Waals surface area contributed by atoms with Gasteiger partial charge >= 0.3 is 5.97 Å². The van der Waals surface area contributed by atoms with Crippen LogP contribution >= 0.6 is 11.6 Å². The Hall–Kier alpha value is -3.37. The van der Waals surface area contributed by atoms with Gasteiger partial charge in [-0.2, -0.15) is 0 Å². The van der Waals surface area contributed by atoms with Crippen molar-refractivity contribution in [3.63, 3.8) is 0 Å². The number of imidazole rings is 1. The second-order valence-corrected chi connectivity index (χ2v) is 8.09. The third-order valence-corrected chi connectivity index (χ3v) is 5.99. The number of aromatic amines is 1. The van der Waals surface area contributed by atoms with Crippen LogP contribution in [0.15, 0.2) is 24.3 Å². The molecule has 2 aromatic rings. The Bertz CT molecular complexity index is 1100. The van der Waals surface area contributed by atoms with Crippen molar-refractivity contribution in [2.45, 2.75) is 31.9 Å². The number of aryl methyl sites for hydroxylation is 1. The molecule has 1 saturated heterocycles. The highest BCUT2D eigenvalue weighted by atomic mass is 35.5. The van der Waals surface area contributed by atoms with Crippen LogP contribution in [0.4, 0.5) is 0 Å². The molecule has 1 aromatic carbocycles. The Labute approximate surface area is 201 Å². The van der Waals surface area contributed by atoms with Crippen LogP contribution in [0.5, 0.6) is 5.75 Å². The number of nitrogens with zero attached hydrogens (tertiary/aromatic N) is 2. The van der Waals surface area contributed by atoms with Gasteiger partial charge < -0.3 is 29.8 Å². The van der Waals surface area contributed by atoms with Crippen molar-refractivity contribution in [2.75, 3.05) is 27.3 Å². The quantitative estimate of drug-likeness (QED) is 0.484. The molecule has 1 fully saturated rings. The molecule has 0 radical (unpaired) electrons. The van der Waals surface area contributed by atoms with E-state index in [0.717, 1.165) is 0 Å². The van der Waals surface area contributed by atoms with Crippen LogP contribution in [0.25, 0.3) is 6.08 Å². The van der Waals surface area contributed by atoms with Gasteiger partial charge in [-0.15, -0.1) is 0 Å². The van der Waals surface area contributed by atoms with Gasteiger partial charge in [0.25, 0.3) is 5.91 Å². The average Bonchev–Trinajstić information content (AvgIpc) is 3.23. The summed E-state index contributed by atoms with van der Waals surface area (Å²) in [4.78, 5) is 45.1. The molecule has 3 N–H and O–H groups in total. The smallest absolute Gasteiger partial charge is 0.335 e. The number of likely N-dealkylation sites (tertiary alicyclic amines) is 1. The summed E-state index contributed by atoms with van der Waals surface area (Å²) in [5.74, 6) is -1.19. The zero-order valence-corrected chi connectivity index (χ0v) is 19.9. The molecule has 0 saturated carbocycles. The standard InChI is InChI=1S/C23H27ClN4O6/c1-4-15-20(24)27-21(25-15)22(30)26-16-9-10-28(12-18(16)34-3)19(29)8-7-13-5-6-14(23(31)32)11-17(13)33-2/h5-8,11,16,18H,4,9-10,12H2,1-3H3,(H,25,27)(H,26,30)(H,31,32)/b8-7+. The van der Waals surface area contributed by atoms with E-state index >= 15 is 0 Å². The number of aromatic carboxylic acids is 1. The van der Waals surface area contributed by atoms with E-state index in [4.69, 9.17) is 26.2 Å². The lowest BCUT2D eigenvalue weighted by atomic mass is 10.0. The van der Waals surface area contributed by atoms with Crippen LogP contribution < -0.4 is 10.1 Å². The Kier molecular flexibility index (Phi) is 8.30. The molecule has 182 valence electrons. The van der Waals surface area contributed by atoms with E-state index in [1.165, 1.54) is 32.4 Å². The van der Waals surface area contributed by atoms with E-state index in [9.17, 15) is 14.4 Å². The highest BCUT2D eigenvalue weighted by Gasteiger charge is 2.32. The summed E-state index contributed by atoms with van der Waals surface area (Å²) in [6, 6.07) is 4.12. The van der Waals surface area contributed by atoms with Crippen LogP contribution in [-0.4, -0.2) is 77.2 Å². The molecule has 0 bridgehead atoms. The summed E-state index contributed by atoms with van der Waals surface area (Å²) >= 11 is 6.02. The number of ether oxygens (including phenoxy) is 2. The fraction of sp³-hybridized carbons (Fsp3) is 0.391. The molecule has 10 nitrogen and oxygen atoms in total. The van der Waals surface area contributed by atoms with Gasteiger partial charge in [-0.3, -0.25) is 9.59 Å². The molecular formula is C23H27ClN4O6. The van der Waals surface area contributed by atoms with Crippen molar-refractivity contribution in [1.29, 1.82) is 0 Å². The normalized spacial score (nSPS) is 18.2. The van der Waals surface area contributed by atoms with Gasteiger partial charge in [0.1, 0.15) is 5.75 Å². The molecule has 2 atom stereocenters. The number of aromatic nitrogens is 2. The summed E-state index contributed by atoms with van der Waals surface area (Å²) in [6.07, 6.45) is 3.70. The molecule has 3 rings (SSSR count). The predicted molar refractivity (Wildman–Crippen MR) is 125 cm³/mol. The van der Waals surface area contributed by atoms with Crippen molar-refractivity contribution in [3.05, 3.63) is 52.1 Å². The zero-order chi connectivity index (χ0) is 24.8. The molecule has 1 aromatic heterocycles. The van der Waals surface area contributed by atoms with Crippen LogP contribution in [0.1, 0.15) is 45.6 Å². The second-order valence-electron chi connectivity index (χ2n) is 7.73. The monoisotopic (exact) mass is 490 g/mol. The Balaban J connectivity index is 1.63. The van der Waals surface area contributed by atoms with E-state index in [1.807, 2.05) is 6.92 Å². The zero-order valence-electron chi connectivity index (χ0n) is 19.1. The Morgan fingerprint density at radius 3 is 2.74 bits per heavy atom. The van der Waals surface area contributed by atoms with Gasteiger partial charge in [-0.25, -0.2) is 9.78 Å². The SMILES string of the molecule is CCc1[nH]c(C(=O)NC2CCN(C(=O)/C=C/c3ccc(C(=O)O)cc3OC)CC2OC)nc1Cl. The number of halogens is 1. The summed E-state index contributed by atoms with van der Waals surface area (Å²) in [5, 5.41) is 12.3. The molecule has 0 spiro atoms. The topological polar surface area (TPSA) is 134 Å². The summed E-state index contributed by atoms with van der Waals surface area (Å²) in [5.41, 5.74) is 1.36. The number of hydrogen-bond acceptors (Lipinski definition) is 6. The predicted octanol–water partition coefficient (Wildman–Crippen LogP) is 2.39. The van der Waals surface area contributed by atoms with E-state index < -0.39 is 12.1 Å². The first-order valence-corrected chi connectivity index (χ1v) is 11.1. The number of carboxylic acids is 1. The fourth-order valence-corrected chi connectivity index (χ4v) is 4.00. The summed E-state index contributed by atoms with van der Waals surface area (Å²) in [6.45, 7) is 2.62. The number of amides is 2. The summed E-state index contributed by atoms with van der Waals surface area (Å²) in [7, 11) is 2.96. The van der Waals surface area contributed by atoms with Crippen LogP contribution in [0.2, 0.25) is 5.15 Å². The minimum Gasteiger partial charge on any atom is -0.496 e. The third-order valence-electron chi connectivity index (χ3n) is 5.67. The van der Waals surface area contributed by atoms with Gasteiger partial charge in [0, 0.05) is 31.8 Å². The van der Waals surface area contributed by atoms with Crippen LogP contribution in [-0.2, 0) is 16.0 Å². The van der Waals surface area contributed by atoms with E-state index in [0.29, 0.717) is 42.9 Å². The van der Waals surface area contributed by atoms with Crippen molar-refractivity contribution < 1.29 is 29.0 Å². The highest BCUT2D eigenvalue weighted by molar-refractivity contribution is 6.30. The first kappa shape index (κ1) is 25.3. The molecule has 2 amide bonds.